The lowest BCUT2D eigenvalue weighted by Crippen LogP contribution is -2.46. The molecule has 2 atom stereocenters. The standard InChI is InChI=1S/C25H42FN/c1-8-16-25(27,10-3)23(17-20(4)5)15-13-11-12-14-22(7)19-24(26)18-21(6)9-2/h9,11-12,14,19,23H,4,8,10,13,15-18,27H2,1-3,5-7H3/b12-11+,21-9-,22-14-,24-19+. The molecule has 0 aromatic heterocycles. The molecule has 0 aliphatic rings. The lowest BCUT2D eigenvalue weighted by Gasteiger charge is -2.37. The smallest absolute Gasteiger partial charge is 0.104 e. The predicted octanol–water partition coefficient (Wildman–Crippen LogP) is 7.97. The fourth-order valence-corrected chi connectivity index (χ4v) is 3.48. The zero-order chi connectivity index (χ0) is 20.9. The molecule has 0 aliphatic carbocycles. The number of nitrogens with two attached hydrogens (primary N) is 1. The van der Waals surface area contributed by atoms with Crippen LogP contribution in [0.5, 0.6) is 0 Å². The molecule has 0 rings (SSSR count). The summed E-state index contributed by atoms with van der Waals surface area (Å²) in [6, 6.07) is 0. The maximum absolute atomic E-state index is 13.9. The SMILES string of the molecule is C=C(C)CC(CC/C=C/C=C(C)\C=C(\F)C/C(C)=C\C)C(N)(CC)CCC. The summed E-state index contributed by atoms with van der Waals surface area (Å²) >= 11 is 0. The van der Waals surface area contributed by atoms with Gasteiger partial charge in [0.2, 0.25) is 0 Å². The number of rotatable bonds is 13. The second-order valence-electron chi connectivity index (χ2n) is 8.01. The lowest BCUT2D eigenvalue weighted by molar-refractivity contribution is 0.226. The van der Waals surface area contributed by atoms with Gasteiger partial charge in [-0.2, -0.15) is 0 Å². The summed E-state index contributed by atoms with van der Waals surface area (Å²) in [7, 11) is 0. The topological polar surface area (TPSA) is 26.0 Å². The van der Waals surface area contributed by atoms with E-state index in [0.717, 1.165) is 49.7 Å². The molecule has 2 heteroatoms. The third-order valence-corrected chi connectivity index (χ3v) is 5.28. The maximum atomic E-state index is 13.9. The van der Waals surface area contributed by atoms with E-state index >= 15 is 0 Å². The van der Waals surface area contributed by atoms with Gasteiger partial charge in [0.05, 0.1) is 0 Å². The zero-order valence-electron chi connectivity index (χ0n) is 18.6. The van der Waals surface area contributed by atoms with Gasteiger partial charge in [-0.25, -0.2) is 4.39 Å². The third kappa shape index (κ3) is 11.1. The van der Waals surface area contributed by atoms with Gasteiger partial charge < -0.3 is 5.73 Å². The molecule has 1 nitrogen and oxygen atoms in total. The van der Waals surface area contributed by atoms with Gasteiger partial charge >= 0.3 is 0 Å². The average Bonchev–Trinajstić information content (AvgIpc) is 2.59. The van der Waals surface area contributed by atoms with E-state index in [1.54, 1.807) is 6.08 Å². The minimum absolute atomic E-state index is 0.0929. The summed E-state index contributed by atoms with van der Waals surface area (Å²) in [4.78, 5) is 0. The van der Waals surface area contributed by atoms with Crippen molar-refractivity contribution in [1.82, 2.24) is 0 Å². The molecule has 0 aromatic carbocycles. The fourth-order valence-electron chi connectivity index (χ4n) is 3.48. The van der Waals surface area contributed by atoms with Crippen LogP contribution in [0.3, 0.4) is 0 Å². The van der Waals surface area contributed by atoms with Crippen LogP contribution < -0.4 is 5.73 Å². The van der Waals surface area contributed by atoms with E-state index in [-0.39, 0.29) is 11.4 Å². The Morgan fingerprint density at radius 2 is 1.89 bits per heavy atom. The van der Waals surface area contributed by atoms with Crippen LogP contribution in [-0.4, -0.2) is 5.54 Å². The van der Waals surface area contributed by atoms with Crippen LogP contribution in [0.4, 0.5) is 4.39 Å². The van der Waals surface area contributed by atoms with Crippen molar-refractivity contribution in [1.29, 1.82) is 0 Å². The fraction of sp³-hybridized carbons (Fsp3) is 0.600. The molecule has 0 fully saturated rings. The van der Waals surface area contributed by atoms with Crippen LogP contribution in [-0.2, 0) is 0 Å². The summed E-state index contributed by atoms with van der Waals surface area (Å²) in [5.74, 6) is 0.362. The van der Waals surface area contributed by atoms with Crippen molar-refractivity contribution in [2.75, 3.05) is 0 Å². The summed E-state index contributed by atoms with van der Waals surface area (Å²) in [6.07, 6.45) is 16.3. The van der Waals surface area contributed by atoms with E-state index in [1.807, 2.05) is 39.0 Å². The first-order valence-corrected chi connectivity index (χ1v) is 10.4. The number of hydrogen-bond donors (Lipinski definition) is 1. The minimum Gasteiger partial charge on any atom is -0.325 e. The van der Waals surface area contributed by atoms with Crippen LogP contribution in [0, 0.1) is 5.92 Å². The Labute approximate surface area is 168 Å². The van der Waals surface area contributed by atoms with E-state index in [2.05, 4.69) is 33.4 Å². The molecule has 0 aliphatic heterocycles. The molecule has 0 heterocycles. The van der Waals surface area contributed by atoms with Crippen LogP contribution in [0.2, 0.25) is 0 Å². The van der Waals surface area contributed by atoms with E-state index < -0.39 is 0 Å². The molecule has 0 amide bonds. The quantitative estimate of drug-likeness (QED) is 0.256. The van der Waals surface area contributed by atoms with E-state index in [9.17, 15) is 4.39 Å². The maximum Gasteiger partial charge on any atom is 0.104 e. The largest absolute Gasteiger partial charge is 0.325 e. The summed E-state index contributed by atoms with van der Waals surface area (Å²) in [5, 5.41) is 0. The Balaban J connectivity index is 4.82. The van der Waals surface area contributed by atoms with Gasteiger partial charge in [-0.3, -0.25) is 0 Å². The highest BCUT2D eigenvalue weighted by Crippen LogP contribution is 2.32. The molecule has 0 aromatic rings. The van der Waals surface area contributed by atoms with Crippen LogP contribution in [0.1, 0.15) is 86.5 Å². The molecule has 27 heavy (non-hydrogen) atoms. The van der Waals surface area contributed by atoms with E-state index in [0.29, 0.717) is 12.3 Å². The molecule has 0 radical (unpaired) electrons. The molecular weight excluding hydrogens is 333 g/mol. The average molecular weight is 376 g/mol. The van der Waals surface area contributed by atoms with Crippen molar-refractivity contribution in [2.24, 2.45) is 11.7 Å². The van der Waals surface area contributed by atoms with Crippen molar-refractivity contribution in [3.8, 4) is 0 Å². The first-order valence-electron chi connectivity index (χ1n) is 10.4. The van der Waals surface area contributed by atoms with Gasteiger partial charge in [0.25, 0.3) is 0 Å². The Morgan fingerprint density at radius 1 is 1.22 bits per heavy atom. The summed E-state index contributed by atoms with van der Waals surface area (Å²) in [5.41, 5.74) is 9.81. The Kier molecular flexibility index (Phi) is 13.0. The molecule has 2 N–H and O–H groups in total. The second-order valence-corrected chi connectivity index (χ2v) is 8.01. The van der Waals surface area contributed by atoms with Gasteiger partial charge in [0, 0.05) is 12.0 Å². The van der Waals surface area contributed by atoms with Gasteiger partial charge in [0.15, 0.2) is 0 Å². The Hall–Kier alpha value is -1.41. The van der Waals surface area contributed by atoms with E-state index in [1.165, 1.54) is 5.57 Å². The Bertz CT molecular complexity index is 565. The van der Waals surface area contributed by atoms with Gasteiger partial charge in [0.1, 0.15) is 5.83 Å². The van der Waals surface area contributed by atoms with Crippen molar-refractivity contribution >= 4 is 0 Å². The van der Waals surface area contributed by atoms with Crippen molar-refractivity contribution < 1.29 is 4.39 Å². The monoisotopic (exact) mass is 375 g/mol. The summed E-state index contributed by atoms with van der Waals surface area (Å²) < 4.78 is 13.9. The number of hydrogen-bond acceptors (Lipinski definition) is 1. The molecular formula is C25H42FN. The van der Waals surface area contributed by atoms with Crippen molar-refractivity contribution in [3.05, 3.63) is 59.5 Å². The highest BCUT2D eigenvalue weighted by Gasteiger charge is 2.31. The highest BCUT2D eigenvalue weighted by molar-refractivity contribution is 5.25. The molecule has 154 valence electrons. The number of allylic oxidation sites excluding steroid dienone is 9. The normalized spacial score (nSPS) is 17.3. The molecule has 0 saturated carbocycles. The van der Waals surface area contributed by atoms with Crippen LogP contribution in [0.25, 0.3) is 0 Å². The Morgan fingerprint density at radius 3 is 2.41 bits per heavy atom. The van der Waals surface area contributed by atoms with Crippen molar-refractivity contribution in [2.45, 2.75) is 92.0 Å². The first kappa shape index (κ1) is 25.6. The summed E-state index contributed by atoms with van der Waals surface area (Å²) in [6.45, 7) is 16.4. The number of halogens is 1. The highest BCUT2D eigenvalue weighted by atomic mass is 19.1. The zero-order valence-corrected chi connectivity index (χ0v) is 18.6. The molecule has 2 unspecified atom stereocenters. The van der Waals surface area contributed by atoms with Gasteiger partial charge in [-0.05, 0) is 77.4 Å². The van der Waals surface area contributed by atoms with E-state index in [4.69, 9.17) is 5.73 Å². The third-order valence-electron chi connectivity index (χ3n) is 5.28. The molecule has 0 saturated heterocycles. The second kappa shape index (κ2) is 13.7. The minimum atomic E-state index is -0.107. The van der Waals surface area contributed by atoms with Crippen LogP contribution in [0.15, 0.2) is 59.5 Å². The van der Waals surface area contributed by atoms with Crippen LogP contribution >= 0.6 is 0 Å². The van der Waals surface area contributed by atoms with Gasteiger partial charge in [-0.1, -0.05) is 55.7 Å². The first-order chi connectivity index (χ1) is 12.7. The van der Waals surface area contributed by atoms with Crippen molar-refractivity contribution in [3.63, 3.8) is 0 Å². The predicted molar refractivity (Wildman–Crippen MR) is 120 cm³/mol. The molecule has 0 bridgehead atoms. The molecule has 0 spiro atoms. The van der Waals surface area contributed by atoms with Gasteiger partial charge in [-0.15, -0.1) is 6.58 Å². The lowest BCUT2D eigenvalue weighted by atomic mass is 9.74.